The van der Waals surface area contributed by atoms with Crippen LogP contribution in [0.5, 0.6) is 0 Å². The Kier molecular flexibility index (Phi) is 14.2. The summed E-state index contributed by atoms with van der Waals surface area (Å²) in [5, 5.41) is 22.6. The Morgan fingerprint density at radius 2 is 0.897 bits per heavy atom. The van der Waals surface area contributed by atoms with Crippen molar-refractivity contribution in [3.8, 4) is 22.5 Å². The zero-order chi connectivity index (χ0) is 42.8. The van der Waals surface area contributed by atoms with Gasteiger partial charge in [-0.3, -0.25) is 50.0 Å². The first kappa shape index (κ1) is 43.3. The molecule has 4 rings (SSSR count). The maximum Gasteiger partial charge on any atom is 0.341 e. The first-order valence-electron chi connectivity index (χ1n) is 17.7. The first-order valence-corrected chi connectivity index (χ1v) is 17.7. The van der Waals surface area contributed by atoms with Gasteiger partial charge in [-0.2, -0.15) is 0 Å². The molecule has 2 amide bonds. The molecule has 0 aliphatic heterocycles. The number of nitro benzene ring substituents is 2. The van der Waals surface area contributed by atoms with E-state index in [4.69, 9.17) is 18.9 Å². The van der Waals surface area contributed by atoms with Crippen molar-refractivity contribution in [2.24, 2.45) is 0 Å². The predicted molar refractivity (Wildman–Crippen MR) is 204 cm³/mol. The molecule has 0 aliphatic carbocycles. The van der Waals surface area contributed by atoms with Gasteiger partial charge in [0.1, 0.15) is 11.1 Å². The highest BCUT2D eigenvalue weighted by Gasteiger charge is 2.34. The van der Waals surface area contributed by atoms with Gasteiger partial charge in [-0.25, -0.2) is 19.2 Å². The molecule has 0 aliphatic rings. The van der Waals surface area contributed by atoms with E-state index in [1.807, 2.05) is 0 Å². The number of rotatable bonds is 17. The fourth-order valence-corrected chi connectivity index (χ4v) is 6.13. The van der Waals surface area contributed by atoms with Crippen molar-refractivity contribution in [1.29, 1.82) is 0 Å². The summed E-state index contributed by atoms with van der Waals surface area (Å²) >= 11 is 0. The molecule has 2 aromatic heterocycles. The summed E-state index contributed by atoms with van der Waals surface area (Å²) in [6, 6.07) is 10.2. The van der Waals surface area contributed by atoms with E-state index in [0.29, 0.717) is 0 Å². The highest BCUT2D eigenvalue weighted by molar-refractivity contribution is 6.10. The second-order valence-electron chi connectivity index (χ2n) is 12.3. The third kappa shape index (κ3) is 9.18. The lowest BCUT2D eigenvalue weighted by atomic mass is 10.0. The zero-order valence-corrected chi connectivity index (χ0v) is 32.4. The Bertz CT molecular complexity index is 2110. The van der Waals surface area contributed by atoms with Gasteiger partial charge in [0.15, 0.2) is 0 Å². The highest BCUT2D eigenvalue weighted by Crippen LogP contribution is 2.35. The lowest BCUT2D eigenvalue weighted by Gasteiger charge is -2.15. The second-order valence-corrected chi connectivity index (χ2v) is 12.3. The Morgan fingerprint density at radius 1 is 0.569 bits per heavy atom. The number of nitrogens with one attached hydrogen (secondary N) is 2. The average Bonchev–Trinajstić information content (AvgIpc) is 3.65. The van der Waals surface area contributed by atoms with Gasteiger partial charge in [0.25, 0.3) is 11.4 Å². The fraction of sp³-hybridized carbons (Fsp3) is 0.316. The molecule has 306 valence electrons. The third-order valence-electron chi connectivity index (χ3n) is 8.79. The number of esters is 4. The monoisotopic (exact) mass is 804 g/mol. The van der Waals surface area contributed by atoms with Crippen molar-refractivity contribution < 1.29 is 57.6 Å². The van der Waals surface area contributed by atoms with Crippen LogP contribution in [0.4, 0.5) is 11.4 Å². The van der Waals surface area contributed by atoms with E-state index < -0.39 is 45.5 Å². The fourth-order valence-electron chi connectivity index (χ4n) is 6.13. The number of non-ortho nitro benzene ring substituents is 2. The van der Waals surface area contributed by atoms with Crippen molar-refractivity contribution in [3.63, 3.8) is 0 Å². The molecule has 0 atom stereocenters. The van der Waals surface area contributed by atoms with Crippen LogP contribution in [0.3, 0.4) is 0 Å². The highest BCUT2D eigenvalue weighted by atomic mass is 16.6. The van der Waals surface area contributed by atoms with Crippen LogP contribution < -0.4 is 10.9 Å². The molecule has 2 heterocycles. The molecule has 0 radical (unpaired) electrons. The molecule has 0 spiro atoms. The molecular weight excluding hydrogens is 764 g/mol. The maximum atomic E-state index is 13.4. The van der Waals surface area contributed by atoms with Crippen LogP contribution in [0.15, 0.2) is 48.5 Å². The summed E-state index contributed by atoms with van der Waals surface area (Å²) in [5.41, 5.74) is 4.71. The van der Waals surface area contributed by atoms with Crippen molar-refractivity contribution in [2.75, 3.05) is 38.3 Å². The number of nitro groups is 2. The largest absolute Gasteiger partial charge is 0.465 e. The summed E-state index contributed by atoms with van der Waals surface area (Å²) in [4.78, 5) is 100. The Hall–Kier alpha value is -7.38. The topological polar surface area (TPSA) is 260 Å². The molecule has 0 saturated carbocycles. The summed E-state index contributed by atoms with van der Waals surface area (Å²) in [6.07, 6.45) is 0.0107. The maximum absolute atomic E-state index is 13.4. The summed E-state index contributed by atoms with van der Waals surface area (Å²) < 4.78 is 22.7. The number of aromatic nitrogens is 2. The molecular formula is C38H40N6O14. The number of ether oxygens (including phenoxy) is 4. The minimum atomic E-state index is -0.902. The number of hydrogen-bond donors (Lipinski definition) is 2. The van der Waals surface area contributed by atoms with Crippen LogP contribution in [0.2, 0.25) is 0 Å². The molecule has 58 heavy (non-hydrogen) atoms. The van der Waals surface area contributed by atoms with E-state index in [2.05, 4.69) is 10.9 Å². The van der Waals surface area contributed by atoms with E-state index in [0.717, 1.165) is 14.2 Å². The molecule has 0 unspecified atom stereocenters. The summed E-state index contributed by atoms with van der Waals surface area (Å²) in [6.45, 7) is 5.94. The molecule has 0 fully saturated rings. The van der Waals surface area contributed by atoms with Crippen molar-refractivity contribution in [3.05, 3.63) is 102 Å². The van der Waals surface area contributed by atoms with E-state index >= 15 is 0 Å². The van der Waals surface area contributed by atoms with Crippen molar-refractivity contribution in [1.82, 2.24) is 9.35 Å². The number of carbonyl (C=O) groups excluding carboxylic acids is 6. The number of benzene rings is 2. The number of amides is 2. The van der Waals surface area contributed by atoms with Gasteiger partial charge in [0.05, 0.1) is 71.2 Å². The lowest BCUT2D eigenvalue weighted by Crippen LogP contribution is -2.26. The molecule has 4 aromatic rings. The Balaban J connectivity index is 1.59. The molecule has 20 heteroatoms. The van der Waals surface area contributed by atoms with Crippen molar-refractivity contribution >= 4 is 47.1 Å². The van der Waals surface area contributed by atoms with Crippen LogP contribution in [0, 0.1) is 34.1 Å². The molecule has 0 bridgehead atoms. The lowest BCUT2D eigenvalue weighted by molar-refractivity contribution is -0.385. The van der Waals surface area contributed by atoms with E-state index in [1.165, 1.54) is 71.7 Å². The van der Waals surface area contributed by atoms with Gasteiger partial charge in [-0.05, 0) is 64.8 Å². The van der Waals surface area contributed by atoms with Crippen LogP contribution in [0.1, 0.15) is 92.4 Å². The van der Waals surface area contributed by atoms with E-state index in [-0.39, 0.29) is 106 Å². The van der Waals surface area contributed by atoms with Gasteiger partial charge in [-0.15, -0.1) is 0 Å². The quantitative estimate of drug-likeness (QED) is 0.0446. The molecule has 20 nitrogen and oxygen atoms in total. The number of carbonyl (C=O) groups is 6. The smallest absolute Gasteiger partial charge is 0.341 e. The van der Waals surface area contributed by atoms with Crippen LogP contribution >= 0.6 is 0 Å². The predicted octanol–water partition coefficient (Wildman–Crippen LogP) is 5.38. The molecule has 0 saturated heterocycles. The van der Waals surface area contributed by atoms with Gasteiger partial charge in [0, 0.05) is 48.2 Å². The van der Waals surface area contributed by atoms with Crippen molar-refractivity contribution in [2.45, 2.75) is 53.4 Å². The number of unbranched alkanes of at least 4 members (excludes halogenated alkanes) is 1. The summed E-state index contributed by atoms with van der Waals surface area (Å²) in [7, 11) is 2.22. The minimum Gasteiger partial charge on any atom is -0.465 e. The number of methoxy groups -OCH3 is 2. The average molecular weight is 805 g/mol. The summed E-state index contributed by atoms with van der Waals surface area (Å²) in [5.74, 6) is -4.77. The van der Waals surface area contributed by atoms with Crippen LogP contribution in [0.25, 0.3) is 22.5 Å². The third-order valence-corrected chi connectivity index (χ3v) is 8.79. The zero-order valence-electron chi connectivity index (χ0n) is 32.4. The number of hydrogen-bond acceptors (Lipinski definition) is 14. The normalized spacial score (nSPS) is 10.7. The van der Waals surface area contributed by atoms with E-state index in [1.54, 1.807) is 13.8 Å². The Morgan fingerprint density at radius 3 is 1.17 bits per heavy atom. The SMILES string of the molecule is CCOC(=O)c1c(C(=O)OC)c(C)n(NC(=O)CCCCC(=O)Nn2c(C)c(C(=O)OC)c(C(=O)OCC)c2-c2ccc([N+](=O)[O-])cc2)c1-c1ccc([N+](=O)[O-])cc1. The van der Waals surface area contributed by atoms with Gasteiger partial charge >= 0.3 is 23.9 Å². The van der Waals surface area contributed by atoms with Gasteiger partial charge in [0.2, 0.25) is 11.8 Å². The molecule has 2 N–H and O–H groups in total. The Labute approximate surface area is 330 Å². The minimum absolute atomic E-state index is 0.0124. The van der Waals surface area contributed by atoms with E-state index in [9.17, 15) is 49.0 Å². The molecule has 2 aromatic carbocycles. The van der Waals surface area contributed by atoms with Crippen LogP contribution in [-0.4, -0.2) is 82.3 Å². The number of nitrogens with zero attached hydrogens (tertiary/aromatic N) is 4. The first-order chi connectivity index (χ1) is 27.6. The second kappa shape index (κ2) is 19.0. The van der Waals surface area contributed by atoms with Gasteiger partial charge < -0.3 is 18.9 Å². The standard InChI is InChI=1S/C38H40N6O14/c1-7-57-37(49)31-29(35(47)55-5)21(3)41(33(31)23-13-17-25(18-14-23)43(51)52)39-27(45)11-9-10-12-28(46)40-42-22(4)30(36(48)56-6)32(38(50)58-8-2)34(42)24-15-19-26(20-16-24)44(53)54/h13-20H,7-12H2,1-6H3,(H,39,45)(H,40,46). The van der Waals surface area contributed by atoms with Gasteiger partial charge in [-0.1, -0.05) is 0 Å². The van der Waals surface area contributed by atoms with Crippen LogP contribution in [-0.2, 0) is 28.5 Å².